The van der Waals surface area contributed by atoms with Crippen molar-refractivity contribution in [1.82, 2.24) is 0 Å². The molecule has 0 aliphatic carbocycles. The molecule has 1 saturated heterocycles. The molecule has 0 radical (unpaired) electrons. The molecule has 2 N–H and O–H groups in total. The molecule has 0 aromatic rings. The minimum atomic E-state index is -1.30. The molecule has 30 heavy (non-hydrogen) atoms. The zero-order valence-corrected chi connectivity index (χ0v) is 23.4. The summed E-state index contributed by atoms with van der Waals surface area (Å²) in [5.41, 5.74) is -1.96. The number of quaternary nitrogens is 1. The van der Waals surface area contributed by atoms with E-state index in [2.05, 4.69) is 5.32 Å². The van der Waals surface area contributed by atoms with E-state index in [1.807, 2.05) is 59.0 Å². The minimum Gasteiger partial charge on any atom is -0.463 e. The van der Waals surface area contributed by atoms with E-state index in [1.165, 1.54) is 0 Å². The summed E-state index contributed by atoms with van der Waals surface area (Å²) < 4.78 is 15.3. The van der Waals surface area contributed by atoms with Crippen LogP contribution in [0.3, 0.4) is 0 Å². The zero-order chi connectivity index (χ0) is 23.4. The molecular formula is C21H36I2NO6+. The first-order valence-corrected chi connectivity index (χ1v) is 12.4. The predicted octanol–water partition coefficient (Wildman–Crippen LogP) is 2.80. The summed E-state index contributed by atoms with van der Waals surface area (Å²) in [7, 11) is 0. The normalized spacial score (nSPS) is 16.7. The molecule has 0 unspecified atom stereocenters. The van der Waals surface area contributed by atoms with Gasteiger partial charge in [-0.25, -0.2) is 0 Å². The van der Waals surface area contributed by atoms with Gasteiger partial charge in [-0.1, -0.05) is 45.2 Å². The average Bonchev–Trinajstić information content (AvgIpc) is 2.62. The SMILES string of the molecule is CC(C)(I)C(=O)OCC(C)(COC(=O)C(C)(C)I)C(=O)OC(C)(C)C1CC[NH2+]CC1. The Kier molecular flexibility index (Phi) is 9.87. The van der Waals surface area contributed by atoms with Crippen molar-refractivity contribution < 1.29 is 33.9 Å². The third kappa shape index (κ3) is 8.40. The summed E-state index contributed by atoms with van der Waals surface area (Å²) in [5, 5.41) is 2.26. The number of halogens is 2. The zero-order valence-electron chi connectivity index (χ0n) is 19.1. The molecule has 1 aliphatic heterocycles. The lowest BCUT2D eigenvalue weighted by atomic mass is 9.83. The van der Waals surface area contributed by atoms with Crippen LogP contribution in [0.1, 0.15) is 61.3 Å². The second-order valence-corrected chi connectivity index (χ2v) is 15.2. The number of hydrogen-bond donors (Lipinski definition) is 1. The van der Waals surface area contributed by atoms with E-state index in [0.717, 1.165) is 25.9 Å². The van der Waals surface area contributed by atoms with E-state index < -0.39 is 35.8 Å². The van der Waals surface area contributed by atoms with Gasteiger partial charge in [-0.05, 0) is 48.5 Å². The van der Waals surface area contributed by atoms with Crippen LogP contribution in [0.5, 0.6) is 0 Å². The van der Waals surface area contributed by atoms with Crippen molar-refractivity contribution in [3.63, 3.8) is 0 Å². The van der Waals surface area contributed by atoms with Gasteiger partial charge in [0, 0.05) is 18.8 Å². The van der Waals surface area contributed by atoms with Gasteiger partial charge in [0.15, 0.2) is 0 Å². The van der Waals surface area contributed by atoms with Crippen LogP contribution in [0.4, 0.5) is 0 Å². The van der Waals surface area contributed by atoms with Gasteiger partial charge in [0.05, 0.1) is 13.1 Å². The monoisotopic (exact) mass is 652 g/mol. The van der Waals surface area contributed by atoms with Crippen molar-refractivity contribution in [3.8, 4) is 0 Å². The van der Waals surface area contributed by atoms with Crippen molar-refractivity contribution in [2.75, 3.05) is 26.3 Å². The maximum absolute atomic E-state index is 13.2. The molecule has 0 spiro atoms. The molecule has 0 amide bonds. The van der Waals surface area contributed by atoms with Crippen molar-refractivity contribution in [2.45, 2.75) is 73.8 Å². The summed E-state index contributed by atoms with van der Waals surface area (Å²) in [5.74, 6) is -1.16. The maximum atomic E-state index is 13.2. The lowest BCUT2D eigenvalue weighted by molar-refractivity contribution is -0.665. The van der Waals surface area contributed by atoms with Crippen molar-refractivity contribution in [2.24, 2.45) is 11.3 Å². The quantitative estimate of drug-likeness (QED) is 0.178. The Hall–Kier alpha value is -0.170. The van der Waals surface area contributed by atoms with Gasteiger partial charge >= 0.3 is 17.9 Å². The van der Waals surface area contributed by atoms with Crippen LogP contribution < -0.4 is 5.32 Å². The van der Waals surface area contributed by atoms with E-state index in [-0.39, 0.29) is 19.1 Å². The van der Waals surface area contributed by atoms with Crippen molar-refractivity contribution in [1.29, 1.82) is 0 Å². The first-order chi connectivity index (χ1) is 13.5. The van der Waals surface area contributed by atoms with Gasteiger partial charge in [0.25, 0.3) is 0 Å². The van der Waals surface area contributed by atoms with Gasteiger partial charge in [0.1, 0.15) is 31.1 Å². The molecule has 0 saturated carbocycles. The van der Waals surface area contributed by atoms with Crippen LogP contribution in [0.25, 0.3) is 0 Å². The lowest BCUT2D eigenvalue weighted by Crippen LogP contribution is -2.86. The van der Waals surface area contributed by atoms with E-state index in [1.54, 1.807) is 34.6 Å². The first kappa shape index (κ1) is 27.9. The number of carbonyl (C=O) groups excluding carboxylic acids is 3. The fourth-order valence-corrected chi connectivity index (χ4v) is 3.33. The smallest absolute Gasteiger partial charge is 0.321 e. The number of piperidine rings is 1. The van der Waals surface area contributed by atoms with E-state index >= 15 is 0 Å². The Labute approximate surface area is 207 Å². The number of ether oxygens (including phenoxy) is 3. The standard InChI is InChI=1S/C21H35I2NO6/c1-18(2,22)15(25)28-12-21(7,13-29-16(26)19(3,4)23)17(27)30-20(5,6)14-8-10-24-11-9-14/h14,24H,8-13H2,1-7H3/p+1. The highest BCUT2D eigenvalue weighted by Gasteiger charge is 2.45. The highest BCUT2D eigenvalue weighted by molar-refractivity contribution is 14.1. The highest BCUT2D eigenvalue weighted by atomic mass is 127. The van der Waals surface area contributed by atoms with Gasteiger partial charge in [-0.2, -0.15) is 0 Å². The Morgan fingerprint density at radius 1 is 0.800 bits per heavy atom. The van der Waals surface area contributed by atoms with Crippen molar-refractivity contribution in [3.05, 3.63) is 0 Å². The summed E-state index contributed by atoms with van der Waals surface area (Å²) in [6, 6.07) is 0. The first-order valence-electron chi connectivity index (χ1n) is 10.3. The topological polar surface area (TPSA) is 95.5 Å². The Balaban J connectivity index is 2.97. The molecule has 7 nitrogen and oxygen atoms in total. The Bertz CT molecular complexity index is 600. The third-order valence-electron chi connectivity index (χ3n) is 5.28. The molecule has 0 bridgehead atoms. The lowest BCUT2D eigenvalue weighted by Gasteiger charge is -2.38. The van der Waals surface area contributed by atoms with Gasteiger partial charge in [-0.15, -0.1) is 0 Å². The van der Waals surface area contributed by atoms with Gasteiger partial charge in [0.2, 0.25) is 0 Å². The van der Waals surface area contributed by atoms with Crippen LogP contribution in [-0.2, 0) is 28.6 Å². The fourth-order valence-electron chi connectivity index (χ4n) is 3.02. The molecule has 1 fully saturated rings. The summed E-state index contributed by atoms with van der Waals surface area (Å²) in [6.45, 7) is 13.9. The molecular weight excluding hydrogens is 616 g/mol. The Morgan fingerprint density at radius 3 is 1.57 bits per heavy atom. The molecule has 0 aromatic heterocycles. The number of rotatable bonds is 9. The number of esters is 3. The largest absolute Gasteiger partial charge is 0.463 e. The minimum absolute atomic E-state index is 0.222. The third-order valence-corrected chi connectivity index (χ3v) is 6.17. The van der Waals surface area contributed by atoms with Crippen LogP contribution in [0, 0.1) is 11.3 Å². The molecule has 0 aromatic carbocycles. The predicted molar refractivity (Wildman–Crippen MR) is 131 cm³/mol. The summed E-state index contributed by atoms with van der Waals surface area (Å²) in [6.07, 6.45) is 1.93. The second-order valence-electron chi connectivity index (χ2n) is 9.79. The number of hydrogen-bond acceptors (Lipinski definition) is 6. The Morgan fingerprint density at radius 2 is 1.20 bits per heavy atom. The summed E-state index contributed by atoms with van der Waals surface area (Å²) >= 11 is 3.97. The van der Waals surface area contributed by atoms with Crippen LogP contribution in [-0.4, -0.2) is 56.7 Å². The van der Waals surface area contributed by atoms with Crippen LogP contribution in [0.2, 0.25) is 0 Å². The molecule has 1 rings (SSSR count). The van der Waals surface area contributed by atoms with Crippen LogP contribution in [0.15, 0.2) is 0 Å². The molecule has 1 heterocycles. The van der Waals surface area contributed by atoms with E-state index in [9.17, 15) is 14.4 Å². The fraction of sp³-hybridized carbons (Fsp3) is 0.857. The van der Waals surface area contributed by atoms with Gasteiger partial charge in [-0.3, -0.25) is 14.4 Å². The van der Waals surface area contributed by atoms with E-state index in [0.29, 0.717) is 0 Å². The highest BCUT2D eigenvalue weighted by Crippen LogP contribution is 2.32. The summed E-state index contributed by atoms with van der Waals surface area (Å²) in [4.78, 5) is 37.8. The van der Waals surface area contributed by atoms with Crippen molar-refractivity contribution >= 4 is 63.1 Å². The molecule has 174 valence electrons. The second kappa shape index (κ2) is 10.6. The van der Waals surface area contributed by atoms with Gasteiger partial charge < -0.3 is 19.5 Å². The number of alkyl halides is 2. The average molecular weight is 652 g/mol. The van der Waals surface area contributed by atoms with Crippen LogP contribution >= 0.6 is 45.2 Å². The molecule has 9 heteroatoms. The molecule has 1 aliphatic rings. The number of nitrogens with two attached hydrogens (primary N) is 1. The maximum Gasteiger partial charge on any atom is 0.321 e. The van der Waals surface area contributed by atoms with E-state index in [4.69, 9.17) is 14.2 Å². The molecule has 0 atom stereocenters. The number of carbonyl (C=O) groups is 3.